The van der Waals surface area contributed by atoms with Crippen LogP contribution in [-0.4, -0.2) is 20.1 Å². The van der Waals surface area contributed by atoms with Crippen LogP contribution < -0.4 is 10.2 Å². The zero-order valence-corrected chi connectivity index (χ0v) is 11.3. The van der Waals surface area contributed by atoms with Gasteiger partial charge in [0.2, 0.25) is 0 Å². The lowest BCUT2D eigenvalue weighted by Crippen LogP contribution is -2.25. The molecule has 0 radical (unpaired) electrons. The summed E-state index contributed by atoms with van der Waals surface area (Å²) < 4.78 is 14.0. The highest BCUT2D eigenvalue weighted by Crippen LogP contribution is 2.28. The summed E-state index contributed by atoms with van der Waals surface area (Å²) >= 11 is 0. The van der Waals surface area contributed by atoms with Gasteiger partial charge >= 0.3 is 0 Å². The maximum absolute atomic E-state index is 14.0. The van der Waals surface area contributed by atoms with Crippen LogP contribution in [0.25, 0.3) is 0 Å². The summed E-state index contributed by atoms with van der Waals surface area (Å²) in [5.74, 6) is -0.136. The van der Waals surface area contributed by atoms with Crippen molar-refractivity contribution < 1.29 is 4.39 Å². The van der Waals surface area contributed by atoms with E-state index >= 15 is 0 Å². The molecule has 96 valence electrons. The molecule has 1 atom stereocenters. The van der Waals surface area contributed by atoms with E-state index in [1.807, 2.05) is 18.0 Å². The Morgan fingerprint density at radius 3 is 2.65 bits per heavy atom. The topological polar surface area (TPSA) is 15.3 Å². The largest absolute Gasteiger partial charge is 0.372 e. The number of hydrogen-bond donors (Lipinski definition) is 1. The average Bonchev–Trinajstić information content (AvgIpc) is 2.29. The molecule has 0 aliphatic heterocycles. The monoisotopic (exact) mass is 238 g/mol. The molecule has 0 amide bonds. The quantitative estimate of drug-likeness (QED) is 0.817. The summed E-state index contributed by atoms with van der Waals surface area (Å²) in [5, 5.41) is 3.33. The van der Waals surface area contributed by atoms with Gasteiger partial charge in [0.05, 0.1) is 5.69 Å². The molecule has 3 heteroatoms. The highest BCUT2D eigenvalue weighted by Gasteiger charge is 2.16. The van der Waals surface area contributed by atoms with E-state index in [2.05, 4.69) is 26.1 Å². The molecule has 2 nitrogen and oxygen atoms in total. The third kappa shape index (κ3) is 3.43. The van der Waals surface area contributed by atoms with E-state index in [4.69, 9.17) is 0 Å². The molecule has 0 saturated heterocycles. The number of para-hydroxylation sites is 1. The molecule has 1 aromatic rings. The van der Waals surface area contributed by atoms with Crippen molar-refractivity contribution in [1.82, 2.24) is 5.32 Å². The third-order valence-electron chi connectivity index (χ3n) is 2.94. The summed E-state index contributed by atoms with van der Waals surface area (Å²) in [6.45, 7) is 7.99. The molecule has 0 saturated carbocycles. The third-order valence-corrected chi connectivity index (χ3v) is 2.94. The van der Waals surface area contributed by atoms with Gasteiger partial charge in [0.25, 0.3) is 0 Å². The van der Waals surface area contributed by atoms with Crippen molar-refractivity contribution in [2.45, 2.75) is 33.2 Å². The van der Waals surface area contributed by atoms with E-state index in [1.54, 1.807) is 6.07 Å². The van der Waals surface area contributed by atoms with Gasteiger partial charge in [-0.3, -0.25) is 0 Å². The predicted octanol–water partition coefficient (Wildman–Crippen LogP) is 3.34. The van der Waals surface area contributed by atoms with E-state index in [0.717, 1.165) is 30.8 Å². The molecule has 0 aromatic heterocycles. The minimum Gasteiger partial charge on any atom is -0.372 e. The van der Waals surface area contributed by atoms with Gasteiger partial charge in [0, 0.05) is 19.6 Å². The van der Waals surface area contributed by atoms with Gasteiger partial charge in [0.15, 0.2) is 0 Å². The molecule has 0 bridgehead atoms. The first-order chi connectivity index (χ1) is 8.11. The van der Waals surface area contributed by atoms with Crippen LogP contribution in [0.2, 0.25) is 0 Å². The van der Waals surface area contributed by atoms with Crippen LogP contribution in [0, 0.1) is 5.82 Å². The highest BCUT2D eigenvalue weighted by molar-refractivity contribution is 5.55. The second-order valence-electron chi connectivity index (χ2n) is 4.38. The Balaban J connectivity index is 3.07. The Bertz CT molecular complexity index is 352. The van der Waals surface area contributed by atoms with Crippen molar-refractivity contribution in [3.05, 3.63) is 29.6 Å². The van der Waals surface area contributed by atoms with Gasteiger partial charge in [-0.25, -0.2) is 4.39 Å². The molecular formula is C14H23FN2. The summed E-state index contributed by atoms with van der Waals surface area (Å²) in [7, 11) is 1.95. The summed E-state index contributed by atoms with van der Waals surface area (Å²) in [4.78, 5) is 2.00. The van der Waals surface area contributed by atoms with Gasteiger partial charge in [-0.15, -0.1) is 0 Å². The fraction of sp³-hybridized carbons (Fsp3) is 0.571. The fourth-order valence-electron chi connectivity index (χ4n) is 2.15. The number of halogens is 1. The maximum atomic E-state index is 14.0. The molecule has 0 aliphatic carbocycles. The normalized spacial score (nSPS) is 12.5. The van der Waals surface area contributed by atoms with Crippen molar-refractivity contribution in [1.29, 1.82) is 0 Å². The molecule has 1 N–H and O–H groups in total. The Morgan fingerprint density at radius 1 is 1.35 bits per heavy atom. The number of hydrogen-bond acceptors (Lipinski definition) is 2. The Morgan fingerprint density at radius 2 is 2.06 bits per heavy atom. The Labute approximate surface area is 104 Å². The van der Waals surface area contributed by atoms with Crippen LogP contribution in [0.15, 0.2) is 18.2 Å². The lowest BCUT2D eigenvalue weighted by Gasteiger charge is -2.25. The SMILES string of the molecule is CCCN(C)c1c(F)cccc1C(C)NCC. The van der Waals surface area contributed by atoms with Crippen molar-refractivity contribution in [3.8, 4) is 0 Å². The summed E-state index contributed by atoms with van der Waals surface area (Å²) in [6, 6.07) is 5.48. The molecule has 1 unspecified atom stereocenters. The maximum Gasteiger partial charge on any atom is 0.146 e. The molecule has 0 heterocycles. The van der Waals surface area contributed by atoms with Crippen LogP contribution >= 0.6 is 0 Å². The number of nitrogens with one attached hydrogen (secondary N) is 1. The fourth-order valence-corrected chi connectivity index (χ4v) is 2.15. The zero-order chi connectivity index (χ0) is 12.8. The number of anilines is 1. The van der Waals surface area contributed by atoms with Crippen molar-refractivity contribution in [2.75, 3.05) is 25.0 Å². The van der Waals surface area contributed by atoms with Crippen LogP contribution in [0.3, 0.4) is 0 Å². The van der Waals surface area contributed by atoms with E-state index in [9.17, 15) is 4.39 Å². The predicted molar refractivity (Wildman–Crippen MR) is 72.1 cm³/mol. The van der Waals surface area contributed by atoms with Crippen LogP contribution in [0.1, 0.15) is 38.8 Å². The van der Waals surface area contributed by atoms with E-state index < -0.39 is 0 Å². The van der Waals surface area contributed by atoms with E-state index in [-0.39, 0.29) is 11.9 Å². The minimum absolute atomic E-state index is 0.136. The first-order valence-corrected chi connectivity index (χ1v) is 6.34. The highest BCUT2D eigenvalue weighted by atomic mass is 19.1. The molecule has 0 aliphatic rings. The first kappa shape index (κ1) is 14.0. The van der Waals surface area contributed by atoms with E-state index in [0.29, 0.717) is 0 Å². The van der Waals surface area contributed by atoms with Crippen molar-refractivity contribution >= 4 is 5.69 Å². The van der Waals surface area contributed by atoms with Crippen LogP contribution in [0.4, 0.5) is 10.1 Å². The van der Waals surface area contributed by atoms with Crippen LogP contribution in [0.5, 0.6) is 0 Å². The Kier molecular flexibility index (Phi) is 5.42. The second kappa shape index (κ2) is 6.60. The lowest BCUT2D eigenvalue weighted by molar-refractivity contribution is 0.579. The molecule has 17 heavy (non-hydrogen) atoms. The standard InChI is InChI=1S/C14H23FN2/c1-5-10-17(4)14-12(11(3)16-6-2)8-7-9-13(14)15/h7-9,11,16H,5-6,10H2,1-4H3. The van der Waals surface area contributed by atoms with Gasteiger partial charge in [0.1, 0.15) is 5.82 Å². The van der Waals surface area contributed by atoms with Crippen LogP contribution in [-0.2, 0) is 0 Å². The molecule has 0 spiro atoms. The summed E-state index contributed by atoms with van der Waals surface area (Å²) in [5.41, 5.74) is 1.76. The smallest absolute Gasteiger partial charge is 0.146 e. The average molecular weight is 238 g/mol. The number of benzene rings is 1. The zero-order valence-electron chi connectivity index (χ0n) is 11.3. The van der Waals surface area contributed by atoms with Gasteiger partial charge in [-0.2, -0.15) is 0 Å². The molecule has 0 fully saturated rings. The molecule has 1 aromatic carbocycles. The Hall–Kier alpha value is -1.09. The minimum atomic E-state index is -0.136. The van der Waals surface area contributed by atoms with Gasteiger partial charge in [-0.05, 0) is 31.5 Å². The molecular weight excluding hydrogens is 215 g/mol. The lowest BCUT2D eigenvalue weighted by atomic mass is 10.0. The summed E-state index contributed by atoms with van der Waals surface area (Å²) in [6.07, 6.45) is 1.01. The number of nitrogens with zero attached hydrogens (tertiary/aromatic N) is 1. The first-order valence-electron chi connectivity index (χ1n) is 6.34. The molecule has 1 rings (SSSR count). The van der Waals surface area contributed by atoms with Gasteiger partial charge < -0.3 is 10.2 Å². The second-order valence-corrected chi connectivity index (χ2v) is 4.38. The van der Waals surface area contributed by atoms with E-state index in [1.165, 1.54) is 6.07 Å². The van der Waals surface area contributed by atoms with Crippen molar-refractivity contribution in [3.63, 3.8) is 0 Å². The van der Waals surface area contributed by atoms with Crippen molar-refractivity contribution in [2.24, 2.45) is 0 Å². The number of rotatable bonds is 6. The van der Waals surface area contributed by atoms with Gasteiger partial charge in [-0.1, -0.05) is 26.0 Å².